The zero-order valence-electron chi connectivity index (χ0n) is 16.1. The third-order valence-corrected chi connectivity index (χ3v) is 5.96. The van der Waals surface area contributed by atoms with Crippen LogP contribution in [-0.2, 0) is 21.4 Å². The summed E-state index contributed by atoms with van der Waals surface area (Å²) in [4.78, 5) is 24.6. The Bertz CT molecular complexity index is 1230. The number of anilines is 1. The summed E-state index contributed by atoms with van der Waals surface area (Å²) in [7, 11) is -2.36. The van der Waals surface area contributed by atoms with Crippen molar-refractivity contribution in [2.75, 3.05) is 12.4 Å². The van der Waals surface area contributed by atoms with E-state index in [1.54, 1.807) is 31.2 Å². The molecule has 1 amide bonds. The summed E-state index contributed by atoms with van der Waals surface area (Å²) in [6.07, 6.45) is 0. The van der Waals surface area contributed by atoms with Crippen LogP contribution in [0.1, 0.15) is 11.1 Å². The molecule has 29 heavy (non-hydrogen) atoms. The second-order valence-electron chi connectivity index (χ2n) is 6.41. The molecule has 0 radical (unpaired) electrons. The average Bonchev–Trinajstić information content (AvgIpc) is 3.04. The second kappa shape index (κ2) is 8.02. The molecule has 1 aromatic heterocycles. The highest BCUT2D eigenvalue weighted by atomic mass is 32.2. The van der Waals surface area contributed by atoms with E-state index < -0.39 is 21.7 Å². The van der Waals surface area contributed by atoms with Gasteiger partial charge in [-0.25, -0.2) is 22.5 Å². The van der Waals surface area contributed by atoms with Crippen molar-refractivity contribution >= 4 is 21.6 Å². The van der Waals surface area contributed by atoms with Crippen molar-refractivity contribution in [3.63, 3.8) is 0 Å². The highest BCUT2D eigenvalue weighted by molar-refractivity contribution is 7.89. The van der Waals surface area contributed by atoms with Crippen molar-refractivity contribution in [3.05, 3.63) is 64.1 Å². The Hall–Kier alpha value is -3.24. The molecule has 0 unspecified atom stereocenters. The minimum absolute atomic E-state index is 0.0561. The van der Waals surface area contributed by atoms with Crippen LogP contribution in [0.2, 0.25) is 0 Å². The van der Waals surface area contributed by atoms with Crippen LogP contribution < -0.4 is 15.8 Å². The molecule has 152 valence electrons. The van der Waals surface area contributed by atoms with Crippen LogP contribution in [0.25, 0.3) is 11.4 Å². The van der Waals surface area contributed by atoms with E-state index >= 15 is 0 Å². The number of nitrogens with zero attached hydrogens (tertiary/aromatic N) is 2. The van der Waals surface area contributed by atoms with E-state index in [4.69, 9.17) is 4.52 Å². The molecular weight excluding hydrogens is 396 g/mol. The van der Waals surface area contributed by atoms with Crippen LogP contribution in [0.5, 0.6) is 0 Å². The molecule has 0 aliphatic heterocycles. The number of carbonyl (C=O) groups is 1. The molecule has 1 heterocycles. The first-order valence-electron chi connectivity index (χ1n) is 8.69. The predicted molar refractivity (Wildman–Crippen MR) is 107 cm³/mol. The Morgan fingerprint density at radius 3 is 2.55 bits per heavy atom. The fraction of sp³-hybridized carbons (Fsp3) is 0.211. The number of amides is 1. The highest BCUT2D eigenvalue weighted by Gasteiger charge is 2.19. The van der Waals surface area contributed by atoms with E-state index in [1.807, 2.05) is 19.1 Å². The highest BCUT2D eigenvalue weighted by Crippen LogP contribution is 2.21. The van der Waals surface area contributed by atoms with Crippen LogP contribution in [-0.4, -0.2) is 31.1 Å². The first kappa shape index (κ1) is 20.5. The Labute approximate surface area is 167 Å². The molecule has 2 N–H and O–H groups in total. The lowest BCUT2D eigenvalue weighted by atomic mass is 10.1. The monoisotopic (exact) mass is 416 g/mol. The van der Waals surface area contributed by atoms with Crippen molar-refractivity contribution in [2.24, 2.45) is 0 Å². The van der Waals surface area contributed by atoms with E-state index in [9.17, 15) is 18.0 Å². The molecule has 10 heteroatoms. The van der Waals surface area contributed by atoms with Gasteiger partial charge in [-0.05, 0) is 44.2 Å². The smallest absolute Gasteiger partial charge is 0.324 e. The van der Waals surface area contributed by atoms with Crippen molar-refractivity contribution < 1.29 is 17.7 Å². The Morgan fingerprint density at radius 1 is 1.14 bits per heavy atom. The number of carbonyl (C=O) groups excluding carboxylic acids is 1. The molecule has 2 aromatic carbocycles. The number of sulfonamides is 1. The van der Waals surface area contributed by atoms with Crippen LogP contribution >= 0.6 is 0 Å². The van der Waals surface area contributed by atoms with Gasteiger partial charge in [0.25, 0.3) is 0 Å². The van der Waals surface area contributed by atoms with Gasteiger partial charge in [-0.15, -0.1) is 0 Å². The van der Waals surface area contributed by atoms with E-state index in [2.05, 4.69) is 15.2 Å². The lowest BCUT2D eigenvalue weighted by Gasteiger charge is -2.11. The number of hydrogen-bond acceptors (Lipinski definition) is 6. The number of hydrogen-bond donors (Lipinski definition) is 2. The Kier molecular flexibility index (Phi) is 5.66. The van der Waals surface area contributed by atoms with Gasteiger partial charge in [0, 0.05) is 11.3 Å². The van der Waals surface area contributed by atoms with Crippen LogP contribution in [0.4, 0.5) is 5.69 Å². The zero-order valence-corrected chi connectivity index (χ0v) is 16.9. The fourth-order valence-electron chi connectivity index (χ4n) is 2.85. The number of aromatic nitrogens is 2. The largest absolute Gasteiger partial charge is 0.442 e. The third kappa shape index (κ3) is 4.28. The van der Waals surface area contributed by atoms with Gasteiger partial charge in [0.2, 0.25) is 15.9 Å². The quantitative estimate of drug-likeness (QED) is 0.630. The second-order valence-corrected chi connectivity index (χ2v) is 8.26. The minimum Gasteiger partial charge on any atom is -0.324 e. The van der Waals surface area contributed by atoms with Gasteiger partial charge < -0.3 is 5.32 Å². The molecule has 0 spiro atoms. The minimum atomic E-state index is -3.67. The summed E-state index contributed by atoms with van der Waals surface area (Å²) in [5, 5.41) is 6.39. The first-order chi connectivity index (χ1) is 13.7. The van der Waals surface area contributed by atoms with E-state index in [-0.39, 0.29) is 23.0 Å². The topological polar surface area (TPSA) is 123 Å². The van der Waals surface area contributed by atoms with E-state index in [1.165, 1.54) is 13.1 Å². The van der Waals surface area contributed by atoms with Crippen LogP contribution in [0, 0.1) is 13.8 Å². The maximum absolute atomic E-state index is 12.5. The molecule has 0 fully saturated rings. The van der Waals surface area contributed by atoms with E-state index in [0.717, 1.165) is 10.1 Å². The van der Waals surface area contributed by atoms with Crippen molar-refractivity contribution in [3.8, 4) is 11.4 Å². The number of rotatable bonds is 6. The fourth-order valence-corrected chi connectivity index (χ4v) is 3.84. The molecule has 9 nitrogen and oxygen atoms in total. The number of nitrogens with one attached hydrogen (secondary N) is 2. The van der Waals surface area contributed by atoms with Gasteiger partial charge in [0.1, 0.15) is 6.54 Å². The average molecular weight is 416 g/mol. The molecule has 3 rings (SSSR count). The summed E-state index contributed by atoms with van der Waals surface area (Å²) >= 11 is 0. The maximum atomic E-state index is 12.5. The van der Waals surface area contributed by atoms with Crippen molar-refractivity contribution in [2.45, 2.75) is 25.3 Å². The maximum Gasteiger partial charge on any atom is 0.442 e. The molecule has 3 aromatic rings. The van der Waals surface area contributed by atoms with Gasteiger partial charge in [0.15, 0.2) is 5.82 Å². The Balaban J connectivity index is 1.87. The predicted octanol–water partition coefficient (Wildman–Crippen LogP) is 1.67. The SMILES string of the molecule is CNS(=O)(=O)c1cc(NC(=O)Cn2c(-c3ccccc3C)noc2=O)ccc1C. The number of aryl methyl sites for hydroxylation is 2. The van der Waals surface area contributed by atoms with Gasteiger partial charge in [-0.3, -0.25) is 9.32 Å². The summed E-state index contributed by atoms with van der Waals surface area (Å²) in [5.74, 6) is -1.05. The van der Waals surface area contributed by atoms with Gasteiger partial charge in [-0.1, -0.05) is 35.5 Å². The molecule has 0 saturated carbocycles. The summed E-state index contributed by atoms with van der Waals surface area (Å²) < 4.78 is 32.3. The summed E-state index contributed by atoms with van der Waals surface area (Å²) in [6.45, 7) is 3.17. The standard InChI is InChI=1S/C19H20N4O5S/c1-12-6-4-5-7-15(12)18-22-28-19(25)23(18)11-17(24)21-14-9-8-13(2)16(10-14)29(26,27)20-3/h4-10,20H,11H2,1-3H3,(H,21,24). The van der Waals surface area contributed by atoms with E-state index in [0.29, 0.717) is 11.1 Å². The van der Waals surface area contributed by atoms with Gasteiger partial charge in [-0.2, -0.15) is 0 Å². The summed E-state index contributed by atoms with van der Waals surface area (Å²) in [5.41, 5.74) is 2.37. The molecule has 0 aliphatic carbocycles. The normalized spacial score (nSPS) is 11.4. The molecular formula is C19H20N4O5S. The van der Waals surface area contributed by atoms with Crippen LogP contribution in [0.15, 0.2) is 56.7 Å². The molecule has 0 bridgehead atoms. The lowest BCUT2D eigenvalue weighted by molar-refractivity contribution is -0.116. The zero-order chi connectivity index (χ0) is 21.2. The van der Waals surface area contributed by atoms with Crippen LogP contribution in [0.3, 0.4) is 0 Å². The lowest BCUT2D eigenvalue weighted by Crippen LogP contribution is -2.26. The molecule has 0 saturated heterocycles. The van der Waals surface area contributed by atoms with Crippen molar-refractivity contribution in [1.29, 1.82) is 0 Å². The van der Waals surface area contributed by atoms with Gasteiger partial charge >= 0.3 is 5.76 Å². The van der Waals surface area contributed by atoms with Crippen molar-refractivity contribution in [1.82, 2.24) is 14.4 Å². The first-order valence-corrected chi connectivity index (χ1v) is 10.2. The number of benzene rings is 2. The summed E-state index contributed by atoms with van der Waals surface area (Å²) in [6, 6.07) is 11.8. The van der Waals surface area contributed by atoms with Gasteiger partial charge in [0.05, 0.1) is 4.90 Å². The Morgan fingerprint density at radius 2 is 1.86 bits per heavy atom. The third-order valence-electron chi connectivity index (χ3n) is 4.40. The molecule has 0 atom stereocenters. The molecule has 0 aliphatic rings.